The van der Waals surface area contributed by atoms with E-state index in [0.29, 0.717) is 0 Å². The number of nitrogens with one attached hydrogen (secondary N) is 1. The van der Waals surface area contributed by atoms with Crippen LogP contribution >= 0.6 is 11.3 Å². The number of ether oxygens (including phenoxy) is 1. The molecule has 1 aromatic carbocycles. The van der Waals surface area contributed by atoms with E-state index >= 15 is 0 Å². The Kier molecular flexibility index (Phi) is 5.48. The van der Waals surface area contributed by atoms with Gasteiger partial charge in [-0.25, -0.2) is 9.78 Å². The number of aromatic nitrogens is 1. The van der Waals surface area contributed by atoms with E-state index in [-0.39, 0.29) is 17.6 Å². The van der Waals surface area contributed by atoms with Gasteiger partial charge in [-0.05, 0) is 26.7 Å². The summed E-state index contributed by atoms with van der Waals surface area (Å²) in [5, 5.41) is 5.36. The quantitative estimate of drug-likeness (QED) is 0.827. The fourth-order valence-electron chi connectivity index (χ4n) is 2.86. The highest BCUT2D eigenvalue weighted by molar-refractivity contribution is 7.13. The summed E-state index contributed by atoms with van der Waals surface area (Å²) in [5.41, 5.74) is 2.37. The van der Waals surface area contributed by atoms with Gasteiger partial charge in [-0.15, -0.1) is 11.3 Å². The van der Waals surface area contributed by atoms with Gasteiger partial charge in [-0.1, -0.05) is 42.7 Å². The Hall–Kier alpha value is -2.21. The normalized spacial score (nSPS) is 15.8. The van der Waals surface area contributed by atoms with Crippen molar-refractivity contribution < 1.29 is 14.3 Å². The molecule has 6 heteroatoms. The van der Waals surface area contributed by atoms with Gasteiger partial charge >= 0.3 is 5.97 Å². The van der Waals surface area contributed by atoms with Crippen LogP contribution in [0.3, 0.4) is 0 Å². The molecule has 1 aliphatic carbocycles. The summed E-state index contributed by atoms with van der Waals surface area (Å²) in [4.78, 5) is 28.7. The Labute approximate surface area is 151 Å². The van der Waals surface area contributed by atoms with Crippen LogP contribution in [0.1, 0.15) is 48.7 Å². The number of amides is 1. The number of rotatable bonds is 5. The molecular weight excluding hydrogens is 336 g/mol. The molecule has 1 aromatic heterocycles. The minimum Gasteiger partial charge on any atom is -0.448 e. The zero-order chi connectivity index (χ0) is 17.8. The van der Waals surface area contributed by atoms with Gasteiger partial charge in [0.1, 0.15) is 5.01 Å². The molecule has 0 radical (unpaired) electrons. The summed E-state index contributed by atoms with van der Waals surface area (Å²) in [7, 11) is 0. The first-order valence-corrected chi connectivity index (χ1v) is 9.45. The zero-order valence-corrected chi connectivity index (χ0v) is 15.3. The highest BCUT2D eigenvalue weighted by Gasteiger charge is 2.24. The zero-order valence-electron chi connectivity index (χ0n) is 14.5. The van der Waals surface area contributed by atoms with E-state index in [9.17, 15) is 9.59 Å². The molecule has 1 aliphatic rings. The summed E-state index contributed by atoms with van der Waals surface area (Å²) in [6.45, 7) is 3.61. The van der Waals surface area contributed by atoms with Crippen molar-refractivity contribution in [3.05, 3.63) is 40.9 Å². The van der Waals surface area contributed by atoms with Crippen LogP contribution < -0.4 is 5.32 Å². The Balaban J connectivity index is 1.59. The van der Waals surface area contributed by atoms with Crippen LogP contribution in [0.5, 0.6) is 0 Å². The molecule has 2 aromatic rings. The smallest absolute Gasteiger partial charge is 0.358 e. The van der Waals surface area contributed by atoms with Crippen molar-refractivity contribution in [1.29, 1.82) is 0 Å². The third kappa shape index (κ3) is 4.45. The van der Waals surface area contributed by atoms with Crippen molar-refractivity contribution in [2.45, 2.75) is 51.7 Å². The molecule has 1 amide bonds. The largest absolute Gasteiger partial charge is 0.448 e. The molecule has 132 valence electrons. The molecular formula is C19H22N2O3S. The second kappa shape index (κ2) is 7.78. The van der Waals surface area contributed by atoms with Gasteiger partial charge in [0.25, 0.3) is 5.91 Å². The van der Waals surface area contributed by atoms with E-state index in [1.54, 1.807) is 12.3 Å². The lowest BCUT2D eigenvalue weighted by molar-refractivity contribution is -0.129. The summed E-state index contributed by atoms with van der Waals surface area (Å²) in [6.07, 6.45) is 3.45. The van der Waals surface area contributed by atoms with Crippen molar-refractivity contribution >= 4 is 23.2 Å². The number of nitrogens with zero attached hydrogens (tertiary/aromatic N) is 1. The summed E-state index contributed by atoms with van der Waals surface area (Å²) >= 11 is 1.39. The molecule has 3 rings (SSSR count). The van der Waals surface area contributed by atoms with Gasteiger partial charge < -0.3 is 10.1 Å². The predicted molar refractivity (Wildman–Crippen MR) is 97.6 cm³/mol. The van der Waals surface area contributed by atoms with Crippen LogP contribution in [0.2, 0.25) is 0 Å². The van der Waals surface area contributed by atoms with E-state index in [2.05, 4.69) is 10.3 Å². The molecule has 1 saturated carbocycles. The monoisotopic (exact) mass is 358 g/mol. The molecule has 0 spiro atoms. The lowest BCUT2D eigenvalue weighted by Gasteiger charge is -2.16. The van der Waals surface area contributed by atoms with E-state index in [0.717, 1.165) is 36.3 Å². The fraction of sp³-hybridized carbons (Fsp3) is 0.421. The number of hydrogen-bond acceptors (Lipinski definition) is 5. The summed E-state index contributed by atoms with van der Waals surface area (Å²) < 4.78 is 5.27. The van der Waals surface area contributed by atoms with Crippen molar-refractivity contribution in [1.82, 2.24) is 10.3 Å². The average Bonchev–Trinajstić information content (AvgIpc) is 3.27. The van der Waals surface area contributed by atoms with Crippen LogP contribution in [-0.2, 0) is 9.53 Å². The maximum absolute atomic E-state index is 12.2. The Morgan fingerprint density at radius 3 is 2.60 bits per heavy atom. The van der Waals surface area contributed by atoms with Crippen molar-refractivity contribution in [3.63, 3.8) is 0 Å². The third-order valence-corrected chi connectivity index (χ3v) is 5.26. The number of hydrogen-bond donors (Lipinski definition) is 1. The molecule has 0 aliphatic heterocycles. The topological polar surface area (TPSA) is 68.3 Å². The number of carbonyl (C=O) groups is 2. The van der Waals surface area contributed by atoms with Crippen LogP contribution in [0.4, 0.5) is 0 Å². The number of benzene rings is 1. The molecule has 5 nitrogen and oxygen atoms in total. The van der Waals surface area contributed by atoms with Gasteiger partial charge in [-0.2, -0.15) is 0 Å². The lowest BCUT2D eigenvalue weighted by atomic mass is 10.2. The van der Waals surface area contributed by atoms with Crippen LogP contribution in [0, 0.1) is 6.92 Å². The molecule has 0 bridgehead atoms. The molecule has 1 N–H and O–H groups in total. The highest BCUT2D eigenvalue weighted by atomic mass is 32.1. The van der Waals surface area contributed by atoms with Crippen LogP contribution in [-0.4, -0.2) is 29.0 Å². The number of carbonyl (C=O) groups excluding carboxylic acids is 2. The van der Waals surface area contributed by atoms with Crippen LogP contribution in [0.25, 0.3) is 10.6 Å². The van der Waals surface area contributed by atoms with Gasteiger partial charge in [0.2, 0.25) is 0 Å². The maximum Gasteiger partial charge on any atom is 0.358 e. The summed E-state index contributed by atoms with van der Waals surface area (Å²) in [6, 6.07) is 8.16. The van der Waals surface area contributed by atoms with E-state index in [1.165, 1.54) is 16.9 Å². The first-order chi connectivity index (χ1) is 12.0. The number of thiazole rings is 1. The van der Waals surface area contributed by atoms with Gasteiger partial charge in [-0.3, -0.25) is 4.79 Å². The first-order valence-electron chi connectivity index (χ1n) is 8.57. The Morgan fingerprint density at radius 2 is 1.92 bits per heavy atom. The third-order valence-electron chi connectivity index (χ3n) is 4.37. The van der Waals surface area contributed by atoms with Gasteiger partial charge in [0.05, 0.1) is 0 Å². The van der Waals surface area contributed by atoms with Crippen molar-refractivity contribution in [3.8, 4) is 10.6 Å². The highest BCUT2D eigenvalue weighted by Crippen LogP contribution is 2.24. The van der Waals surface area contributed by atoms with Gasteiger partial charge in [0, 0.05) is 17.0 Å². The van der Waals surface area contributed by atoms with E-state index in [4.69, 9.17) is 4.74 Å². The van der Waals surface area contributed by atoms with Crippen molar-refractivity contribution in [2.75, 3.05) is 0 Å². The minimum absolute atomic E-state index is 0.209. The first kappa shape index (κ1) is 17.6. The Morgan fingerprint density at radius 1 is 1.24 bits per heavy atom. The molecule has 1 atom stereocenters. The second-order valence-corrected chi connectivity index (χ2v) is 7.30. The molecule has 25 heavy (non-hydrogen) atoms. The molecule has 0 saturated heterocycles. The SMILES string of the molecule is Cc1ccc(-c2nc(C(=O)O[C@H](C)C(=O)NC3CCCC3)cs2)cc1. The van der Waals surface area contributed by atoms with Crippen LogP contribution in [0.15, 0.2) is 29.6 Å². The van der Waals surface area contributed by atoms with Gasteiger partial charge in [0.15, 0.2) is 11.8 Å². The lowest BCUT2D eigenvalue weighted by Crippen LogP contribution is -2.40. The molecule has 0 unspecified atom stereocenters. The van der Waals surface area contributed by atoms with Crippen molar-refractivity contribution in [2.24, 2.45) is 0 Å². The molecule has 1 heterocycles. The molecule has 1 fully saturated rings. The average molecular weight is 358 g/mol. The van der Waals surface area contributed by atoms with E-state index in [1.807, 2.05) is 31.2 Å². The number of esters is 1. The second-order valence-electron chi connectivity index (χ2n) is 6.44. The summed E-state index contributed by atoms with van der Waals surface area (Å²) in [5.74, 6) is -0.807. The predicted octanol–water partition coefficient (Wildman–Crippen LogP) is 3.72. The Bertz CT molecular complexity index is 748. The number of aryl methyl sites for hydroxylation is 1. The maximum atomic E-state index is 12.2. The standard InChI is InChI=1S/C19H22N2O3S/c1-12-7-9-14(10-8-12)18-21-16(11-25-18)19(23)24-13(2)17(22)20-15-5-3-4-6-15/h7-11,13,15H,3-6H2,1-2H3,(H,20,22)/t13-/m1/s1. The fourth-order valence-corrected chi connectivity index (χ4v) is 3.65. The van der Waals surface area contributed by atoms with E-state index < -0.39 is 12.1 Å². The minimum atomic E-state index is -0.822.